The summed E-state index contributed by atoms with van der Waals surface area (Å²) in [6.45, 7) is 0. The van der Waals surface area contributed by atoms with E-state index in [1.165, 1.54) is 11.3 Å². The lowest BCUT2D eigenvalue weighted by Crippen LogP contribution is -1.93. The van der Waals surface area contributed by atoms with Gasteiger partial charge in [-0.2, -0.15) is 22.2 Å². The normalized spacial score (nSPS) is 9.43. The highest BCUT2D eigenvalue weighted by Gasteiger charge is 1.87. The van der Waals surface area contributed by atoms with Crippen LogP contribution in [0.2, 0.25) is 11.3 Å². The molecule has 0 aliphatic carbocycles. The van der Waals surface area contributed by atoms with Crippen LogP contribution in [0.4, 0.5) is 0 Å². The van der Waals surface area contributed by atoms with Crippen molar-refractivity contribution in [1.29, 1.82) is 0 Å². The molecule has 5 heteroatoms. The van der Waals surface area contributed by atoms with Crippen LogP contribution in [0.1, 0.15) is 0 Å². The van der Waals surface area contributed by atoms with E-state index < -0.39 is 0 Å². The van der Waals surface area contributed by atoms with Gasteiger partial charge in [-0.25, -0.2) is 0 Å². The maximum Gasteiger partial charge on any atom is 0.168 e. The molecule has 6 radical (unpaired) electrons. The fourth-order valence-corrected chi connectivity index (χ4v) is 4.24. The van der Waals surface area contributed by atoms with E-state index in [0.29, 0.717) is 17.7 Å². The molecule has 0 aliphatic rings. The predicted molar refractivity (Wildman–Crippen MR) is 38.6 cm³/mol. The standard InChI is InChI=1S/C2H4Cl2Si3/c3-6-1-5-2-7-4/h1-2H2. The Balaban J connectivity index is 2.45. The molecule has 0 spiro atoms. The quantitative estimate of drug-likeness (QED) is 0.348. The van der Waals surface area contributed by atoms with Gasteiger partial charge in [-0.05, 0) is 0 Å². The van der Waals surface area contributed by atoms with Crippen LogP contribution >= 0.6 is 22.2 Å². The average Bonchev–Trinajstić information content (AvgIpc) is 1.69. The summed E-state index contributed by atoms with van der Waals surface area (Å²) < 4.78 is 0. The van der Waals surface area contributed by atoms with Crippen molar-refractivity contribution >= 4 is 49.3 Å². The predicted octanol–water partition coefficient (Wildman–Crippen LogP) is 1.16. The van der Waals surface area contributed by atoms with Gasteiger partial charge in [-0.15, -0.1) is 0 Å². The third kappa shape index (κ3) is 7.23. The fourth-order valence-electron chi connectivity index (χ4n) is 0.157. The minimum absolute atomic E-state index is 0.598. The summed E-state index contributed by atoms with van der Waals surface area (Å²) >= 11 is 10.9. The van der Waals surface area contributed by atoms with Crippen LogP contribution in [0, 0.1) is 0 Å². The molecule has 0 aromatic carbocycles. The van der Waals surface area contributed by atoms with Crippen LogP contribution in [-0.4, -0.2) is 27.2 Å². The van der Waals surface area contributed by atoms with E-state index in [0.717, 1.165) is 9.52 Å². The molecule has 0 aromatic rings. The van der Waals surface area contributed by atoms with Crippen molar-refractivity contribution in [3.05, 3.63) is 0 Å². The Hall–Kier alpha value is 1.23. The molecule has 38 valence electrons. The van der Waals surface area contributed by atoms with Crippen molar-refractivity contribution in [1.82, 2.24) is 0 Å². The Kier molecular flexibility index (Phi) is 8.50. The first-order valence-corrected chi connectivity index (χ1v) is 7.64. The molecule has 7 heavy (non-hydrogen) atoms. The van der Waals surface area contributed by atoms with Crippen molar-refractivity contribution in [3.8, 4) is 0 Å². The Morgan fingerprint density at radius 3 is 1.71 bits per heavy atom. The SMILES string of the molecule is Cl[Si]C[Si]C[Si]Cl. The Labute approximate surface area is 60.8 Å². The van der Waals surface area contributed by atoms with Crippen molar-refractivity contribution in [2.75, 3.05) is 0 Å². The van der Waals surface area contributed by atoms with Gasteiger partial charge in [-0.3, -0.25) is 0 Å². The third-order valence-corrected chi connectivity index (χ3v) is 5.86. The number of hydrogen-bond donors (Lipinski definition) is 0. The lowest BCUT2D eigenvalue weighted by molar-refractivity contribution is 1.90. The van der Waals surface area contributed by atoms with Gasteiger partial charge in [-0.1, -0.05) is 11.3 Å². The van der Waals surface area contributed by atoms with Crippen molar-refractivity contribution in [2.24, 2.45) is 0 Å². The highest BCUT2D eigenvalue weighted by atomic mass is 35.6. The number of rotatable bonds is 4. The molecule has 0 heterocycles. The summed E-state index contributed by atoms with van der Waals surface area (Å²) in [4.78, 5) is 0. The maximum absolute atomic E-state index is 5.43. The molecule has 0 aliphatic heterocycles. The second kappa shape index (κ2) is 7.23. The van der Waals surface area contributed by atoms with E-state index in [9.17, 15) is 0 Å². The summed E-state index contributed by atoms with van der Waals surface area (Å²) in [6, 6.07) is 0. The molecule has 0 unspecified atom stereocenters. The van der Waals surface area contributed by atoms with Crippen molar-refractivity contribution in [2.45, 2.75) is 11.3 Å². The van der Waals surface area contributed by atoms with Crippen LogP contribution in [0.3, 0.4) is 0 Å². The molecule has 0 aromatic heterocycles. The summed E-state index contributed by atoms with van der Waals surface area (Å²) in [5.41, 5.74) is 2.34. The van der Waals surface area contributed by atoms with Gasteiger partial charge in [0.25, 0.3) is 0 Å². The van der Waals surface area contributed by atoms with E-state index in [4.69, 9.17) is 22.2 Å². The lowest BCUT2D eigenvalue weighted by Gasteiger charge is -1.84. The van der Waals surface area contributed by atoms with Crippen LogP contribution in [-0.2, 0) is 0 Å². The molecular formula is C2H4Cl2Si3. The molecule has 0 fully saturated rings. The highest BCUT2D eigenvalue weighted by molar-refractivity contribution is 7.00. The van der Waals surface area contributed by atoms with Crippen molar-refractivity contribution in [3.63, 3.8) is 0 Å². The van der Waals surface area contributed by atoms with Crippen LogP contribution in [0.25, 0.3) is 0 Å². The van der Waals surface area contributed by atoms with E-state index in [1.807, 2.05) is 0 Å². The first kappa shape index (κ1) is 8.23. The zero-order valence-electron chi connectivity index (χ0n) is 3.67. The molecule has 0 rings (SSSR count). The fraction of sp³-hybridized carbons (Fsp3) is 1.00. The summed E-state index contributed by atoms with van der Waals surface area (Å²) in [5, 5.41) is 0. The van der Waals surface area contributed by atoms with Gasteiger partial charge in [0.05, 0.1) is 0 Å². The van der Waals surface area contributed by atoms with E-state index in [-0.39, 0.29) is 0 Å². The molecule has 0 nitrogen and oxygen atoms in total. The molecule has 0 N–H and O–H groups in total. The third-order valence-electron chi connectivity index (χ3n) is 0.384. The van der Waals surface area contributed by atoms with Gasteiger partial charge < -0.3 is 0 Å². The van der Waals surface area contributed by atoms with E-state index in [2.05, 4.69) is 0 Å². The zero-order valence-corrected chi connectivity index (χ0v) is 8.18. The zero-order chi connectivity index (χ0) is 5.54. The maximum atomic E-state index is 5.43. The van der Waals surface area contributed by atoms with Crippen molar-refractivity contribution < 1.29 is 0 Å². The largest absolute Gasteiger partial charge is 0.172 e. The smallest absolute Gasteiger partial charge is 0.168 e. The van der Waals surface area contributed by atoms with Crippen LogP contribution in [0.5, 0.6) is 0 Å². The minimum atomic E-state index is 0.598. The topological polar surface area (TPSA) is 0 Å². The molecule has 0 bridgehead atoms. The Morgan fingerprint density at radius 1 is 1.00 bits per heavy atom. The first-order chi connectivity index (χ1) is 3.41. The van der Waals surface area contributed by atoms with Gasteiger partial charge in [0.2, 0.25) is 0 Å². The van der Waals surface area contributed by atoms with Crippen LogP contribution in [0.15, 0.2) is 0 Å². The summed E-state index contributed by atoms with van der Waals surface area (Å²) in [7, 11) is 2.19. The summed E-state index contributed by atoms with van der Waals surface area (Å²) in [5.74, 6) is 0. The molecule has 0 amide bonds. The van der Waals surface area contributed by atoms with Crippen LogP contribution < -0.4 is 0 Å². The average molecular weight is 183 g/mol. The van der Waals surface area contributed by atoms with Gasteiger partial charge >= 0.3 is 0 Å². The molecule has 0 saturated carbocycles. The molecule has 0 atom stereocenters. The monoisotopic (exact) mass is 182 g/mol. The second-order valence-electron chi connectivity index (χ2n) is 0.871. The minimum Gasteiger partial charge on any atom is -0.172 e. The van der Waals surface area contributed by atoms with Gasteiger partial charge in [0, 0.05) is 9.52 Å². The molecular weight excluding hydrogens is 179 g/mol. The Morgan fingerprint density at radius 2 is 1.43 bits per heavy atom. The van der Waals surface area contributed by atoms with Gasteiger partial charge in [0.15, 0.2) is 17.7 Å². The van der Waals surface area contributed by atoms with Gasteiger partial charge in [0.1, 0.15) is 0 Å². The molecule has 0 saturated heterocycles. The van der Waals surface area contributed by atoms with E-state index >= 15 is 0 Å². The number of halogens is 2. The lowest BCUT2D eigenvalue weighted by atomic mass is 11.8. The Bertz CT molecular complexity index is 30.1. The first-order valence-electron chi connectivity index (χ1n) is 1.79. The second-order valence-corrected chi connectivity index (χ2v) is 6.34. The van der Waals surface area contributed by atoms with E-state index in [1.54, 1.807) is 0 Å². The summed E-state index contributed by atoms with van der Waals surface area (Å²) in [6.07, 6.45) is 0. The highest BCUT2D eigenvalue weighted by Crippen LogP contribution is 1.85. The number of hydrogen-bond acceptors (Lipinski definition) is 0.